The topological polar surface area (TPSA) is 52.6 Å². The van der Waals surface area contributed by atoms with Crippen LogP contribution in [0.3, 0.4) is 0 Å². The van der Waals surface area contributed by atoms with Crippen molar-refractivity contribution in [3.63, 3.8) is 0 Å². The molecule has 2 N–H and O–H groups in total. The number of aliphatic imine (C=N–C) groups is 1. The number of hydrogen-bond acceptors (Lipinski definition) is 4. The van der Waals surface area contributed by atoms with E-state index in [1.54, 1.807) is 11.3 Å². The zero-order chi connectivity index (χ0) is 18.5. The van der Waals surface area contributed by atoms with Crippen molar-refractivity contribution in [1.29, 1.82) is 0 Å². The third-order valence-electron chi connectivity index (χ3n) is 4.75. The molecule has 25 heavy (non-hydrogen) atoms. The van der Waals surface area contributed by atoms with E-state index in [-0.39, 0.29) is 11.0 Å². The average Bonchev–Trinajstić information content (AvgIpc) is 3.05. The second-order valence-electron chi connectivity index (χ2n) is 8.53. The molecule has 1 aromatic rings. The maximum absolute atomic E-state index is 4.74. The van der Waals surface area contributed by atoms with Crippen molar-refractivity contribution in [3.05, 3.63) is 16.1 Å². The minimum atomic E-state index is 0.112. The molecule has 1 aliphatic rings. The van der Waals surface area contributed by atoms with Gasteiger partial charge in [0.2, 0.25) is 0 Å². The van der Waals surface area contributed by atoms with E-state index in [4.69, 9.17) is 4.98 Å². The zero-order valence-corrected chi connectivity index (χ0v) is 17.6. The van der Waals surface area contributed by atoms with Gasteiger partial charge < -0.3 is 10.6 Å². The first-order valence-electron chi connectivity index (χ1n) is 9.37. The van der Waals surface area contributed by atoms with Crippen molar-refractivity contribution < 1.29 is 0 Å². The summed E-state index contributed by atoms with van der Waals surface area (Å²) in [4.78, 5) is 11.7. The van der Waals surface area contributed by atoms with E-state index in [1.807, 2.05) is 7.05 Å². The molecule has 1 saturated heterocycles. The Hall–Kier alpha value is -1.14. The molecule has 0 unspecified atom stereocenters. The van der Waals surface area contributed by atoms with Gasteiger partial charge in [0.05, 0.1) is 17.2 Å². The lowest BCUT2D eigenvalue weighted by Crippen LogP contribution is -2.54. The van der Waals surface area contributed by atoms with E-state index in [0.29, 0.717) is 6.54 Å². The quantitative estimate of drug-likeness (QED) is 0.620. The number of piperidine rings is 1. The van der Waals surface area contributed by atoms with Crippen molar-refractivity contribution in [2.75, 3.05) is 26.7 Å². The van der Waals surface area contributed by atoms with E-state index in [2.05, 4.69) is 60.5 Å². The van der Waals surface area contributed by atoms with Gasteiger partial charge in [-0.3, -0.25) is 9.89 Å². The van der Waals surface area contributed by atoms with Crippen LogP contribution in [-0.4, -0.2) is 48.1 Å². The van der Waals surface area contributed by atoms with E-state index >= 15 is 0 Å². The third-order valence-corrected chi connectivity index (χ3v) is 6.07. The lowest BCUT2D eigenvalue weighted by atomic mass is 9.98. The fraction of sp³-hybridized carbons (Fsp3) is 0.789. The van der Waals surface area contributed by atoms with Crippen molar-refractivity contribution in [2.45, 2.75) is 71.4 Å². The van der Waals surface area contributed by atoms with Crippen LogP contribution in [0.5, 0.6) is 0 Å². The molecule has 0 aliphatic carbocycles. The average molecular weight is 366 g/mol. The summed E-state index contributed by atoms with van der Waals surface area (Å²) in [5.41, 5.74) is 1.33. The maximum Gasteiger partial charge on any atom is 0.191 e. The highest BCUT2D eigenvalue weighted by Crippen LogP contribution is 2.25. The van der Waals surface area contributed by atoms with Crippen LogP contribution in [-0.2, 0) is 12.0 Å². The Morgan fingerprint density at radius 1 is 1.16 bits per heavy atom. The summed E-state index contributed by atoms with van der Waals surface area (Å²) in [6.45, 7) is 15.2. The van der Waals surface area contributed by atoms with Crippen LogP contribution in [0.25, 0.3) is 0 Å². The summed E-state index contributed by atoms with van der Waals surface area (Å²) >= 11 is 1.73. The molecule has 2 rings (SSSR count). The normalized spacial score (nSPS) is 17.6. The summed E-state index contributed by atoms with van der Waals surface area (Å²) in [6, 6.07) is 0. The maximum atomic E-state index is 4.74. The third kappa shape index (κ3) is 5.96. The molecule has 0 atom stereocenters. The summed E-state index contributed by atoms with van der Waals surface area (Å²) in [7, 11) is 1.82. The summed E-state index contributed by atoms with van der Waals surface area (Å²) in [6.07, 6.45) is 4.00. The molecule has 0 aromatic carbocycles. The summed E-state index contributed by atoms with van der Waals surface area (Å²) < 4.78 is 0. The predicted molar refractivity (Wildman–Crippen MR) is 109 cm³/mol. The number of hydrogen-bond donors (Lipinski definition) is 2. The summed E-state index contributed by atoms with van der Waals surface area (Å²) in [5, 5.41) is 10.2. The fourth-order valence-electron chi connectivity index (χ4n) is 3.04. The Bertz CT molecular complexity index is 565. The highest BCUT2D eigenvalue weighted by molar-refractivity contribution is 7.09. The molecule has 6 heteroatoms. The van der Waals surface area contributed by atoms with Crippen LogP contribution in [0.2, 0.25) is 0 Å². The van der Waals surface area contributed by atoms with E-state index in [0.717, 1.165) is 18.2 Å². The van der Waals surface area contributed by atoms with Crippen molar-refractivity contribution >= 4 is 17.3 Å². The molecular weight excluding hydrogens is 330 g/mol. The predicted octanol–water partition coefficient (Wildman–Crippen LogP) is 3.37. The zero-order valence-electron chi connectivity index (χ0n) is 16.8. The molecule has 0 radical (unpaired) electrons. The second kappa shape index (κ2) is 8.49. The van der Waals surface area contributed by atoms with Crippen molar-refractivity contribution in [2.24, 2.45) is 4.99 Å². The van der Waals surface area contributed by atoms with Crippen LogP contribution in [0.1, 0.15) is 64.6 Å². The Balaban J connectivity index is 1.83. The molecule has 2 heterocycles. The van der Waals surface area contributed by atoms with E-state index in [1.165, 1.54) is 37.4 Å². The molecular formula is C19H35N5S. The van der Waals surface area contributed by atoms with E-state index in [9.17, 15) is 0 Å². The number of guanidine groups is 1. The van der Waals surface area contributed by atoms with E-state index < -0.39 is 0 Å². The van der Waals surface area contributed by atoms with Crippen LogP contribution in [0, 0.1) is 0 Å². The van der Waals surface area contributed by atoms with Gasteiger partial charge in [0.1, 0.15) is 0 Å². The molecule has 1 aliphatic heterocycles. The van der Waals surface area contributed by atoms with Gasteiger partial charge in [0.15, 0.2) is 5.96 Å². The van der Waals surface area contributed by atoms with Gasteiger partial charge in [0.25, 0.3) is 0 Å². The minimum absolute atomic E-state index is 0.112. The molecule has 0 spiro atoms. The van der Waals surface area contributed by atoms with Gasteiger partial charge in [-0.25, -0.2) is 4.98 Å². The first-order valence-corrected chi connectivity index (χ1v) is 10.2. The van der Waals surface area contributed by atoms with Gasteiger partial charge in [-0.05, 0) is 39.8 Å². The van der Waals surface area contributed by atoms with Gasteiger partial charge in [0, 0.05) is 29.9 Å². The van der Waals surface area contributed by atoms with Crippen LogP contribution in [0.15, 0.2) is 10.4 Å². The first kappa shape index (κ1) is 20.2. The van der Waals surface area contributed by atoms with Crippen molar-refractivity contribution in [3.8, 4) is 0 Å². The fourth-order valence-corrected chi connectivity index (χ4v) is 3.95. The van der Waals surface area contributed by atoms with Gasteiger partial charge >= 0.3 is 0 Å². The van der Waals surface area contributed by atoms with Gasteiger partial charge in [-0.2, -0.15) is 0 Å². The minimum Gasteiger partial charge on any atom is -0.355 e. The largest absolute Gasteiger partial charge is 0.355 e. The molecule has 0 saturated carbocycles. The van der Waals surface area contributed by atoms with Crippen LogP contribution < -0.4 is 10.6 Å². The Labute approximate surface area is 157 Å². The molecule has 1 fully saturated rings. The highest BCUT2D eigenvalue weighted by Gasteiger charge is 2.27. The second-order valence-corrected chi connectivity index (χ2v) is 9.39. The monoisotopic (exact) mass is 365 g/mol. The Morgan fingerprint density at radius 3 is 2.40 bits per heavy atom. The highest BCUT2D eigenvalue weighted by atomic mass is 32.1. The molecule has 0 bridgehead atoms. The van der Waals surface area contributed by atoms with Gasteiger partial charge in [-0.15, -0.1) is 11.3 Å². The Morgan fingerprint density at radius 2 is 1.84 bits per heavy atom. The number of thiazole rings is 1. The van der Waals surface area contributed by atoms with Crippen LogP contribution in [0.4, 0.5) is 0 Å². The molecule has 142 valence electrons. The molecule has 5 nitrogen and oxygen atoms in total. The SMILES string of the molecule is CN=C(NCc1csc(C(C)(C)C)n1)NCC(C)(C)N1CCCCC1. The first-order chi connectivity index (χ1) is 11.7. The lowest BCUT2D eigenvalue weighted by molar-refractivity contribution is 0.0982. The Kier molecular flexibility index (Phi) is 6.86. The number of aromatic nitrogens is 1. The summed E-state index contributed by atoms with van der Waals surface area (Å²) in [5.74, 6) is 0.843. The number of nitrogens with zero attached hydrogens (tertiary/aromatic N) is 3. The standard InChI is InChI=1S/C19H35N5S/c1-18(2,3)16-23-15(13-25-16)12-21-17(20-6)22-14-19(4,5)24-10-8-7-9-11-24/h13H,7-12,14H2,1-6H3,(H2,20,21,22). The van der Waals surface area contributed by atoms with Crippen LogP contribution >= 0.6 is 11.3 Å². The number of likely N-dealkylation sites (tertiary alicyclic amines) is 1. The molecule has 1 aromatic heterocycles. The van der Waals surface area contributed by atoms with Crippen molar-refractivity contribution in [1.82, 2.24) is 20.5 Å². The lowest BCUT2D eigenvalue weighted by Gasteiger charge is -2.41. The molecule has 0 amide bonds. The number of rotatable bonds is 5. The number of nitrogens with one attached hydrogen (secondary N) is 2. The van der Waals surface area contributed by atoms with Gasteiger partial charge in [-0.1, -0.05) is 27.2 Å². The smallest absolute Gasteiger partial charge is 0.191 e.